The summed E-state index contributed by atoms with van der Waals surface area (Å²) in [7, 11) is 1.73. The predicted molar refractivity (Wildman–Crippen MR) is 55.1 cm³/mol. The lowest BCUT2D eigenvalue weighted by atomic mass is 10.2. The third kappa shape index (κ3) is 2.47. The van der Waals surface area contributed by atoms with Crippen molar-refractivity contribution in [1.29, 1.82) is 0 Å². The van der Waals surface area contributed by atoms with Crippen molar-refractivity contribution < 1.29 is 0 Å². The Morgan fingerprint density at radius 3 is 2.92 bits per heavy atom. The minimum absolute atomic E-state index is 0.0657. The predicted octanol–water partition coefficient (Wildman–Crippen LogP) is 1.54. The Balaban J connectivity index is 2.83. The third-order valence-electron chi connectivity index (χ3n) is 1.86. The molecule has 1 aromatic heterocycles. The van der Waals surface area contributed by atoms with Gasteiger partial charge in [-0.2, -0.15) is 0 Å². The molecule has 0 aliphatic carbocycles. The third-order valence-corrected chi connectivity index (χ3v) is 1.86. The van der Waals surface area contributed by atoms with E-state index in [1.54, 1.807) is 13.1 Å². The van der Waals surface area contributed by atoms with E-state index in [2.05, 4.69) is 16.9 Å². The smallest absolute Gasteiger partial charge is 0.271 e. The van der Waals surface area contributed by atoms with Crippen LogP contribution >= 0.6 is 0 Å². The van der Waals surface area contributed by atoms with Crippen molar-refractivity contribution in [1.82, 2.24) is 4.98 Å². The molecule has 0 unspecified atom stereocenters. The molecular weight excluding hydrogens is 164 g/mol. The van der Waals surface area contributed by atoms with Gasteiger partial charge in [0.2, 0.25) is 0 Å². The number of hydrogen-bond acceptors (Lipinski definition) is 2. The molecule has 1 rings (SSSR count). The molecule has 0 aromatic carbocycles. The molecule has 13 heavy (non-hydrogen) atoms. The molecule has 0 spiro atoms. The molecule has 0 radical (unpaired) electrons. The highest BCUT2D eigenvalue weighted by molar-refractivity contribution is 5.40. The first-order valence-corrected chi connectivity index (χ1v) is 4.28. The van der Waals surface area contributed by atoms with Gasteiger partial charge in [-0.15, -0.1) is 6.58 Å². The van der Waals surface area contributed by atoms with Gasteiger partial charge in [-0.25, -0.2) is 0 Å². The summed E-state index contributed by atoms with van der Waals surface area (Å²) in [6.07, 6.45) is 3.56. The van der Waals surface area contributed by atoms with Crippen LogP contribution in [0.4, 0.5) is 5.69 Å². The van der Waals surface area contributed by atoms with E-state index in [4.69, 9.17) is 0 Å². The Bertz CT molecular complexity index is 341. The second-order valence-corrected chi connectivity index (χ2v) is 2.80. The molecule has 0 aliphatic heterocycles. The number of anilines is 1. The number of H-pyrrole nitrogens is 1. The lowest BCUT2D eigenvalue weighted by Crippen LogP contribution is -2.13. The van der Waals surface area contributed by atoms with Gasteiger partial charge in [-0.1, -0.05) is 6.08 Å². The molecule has 0 fully saturated rings. The van der Waals surface area contributed by atoms with Crippen molar-refractivity contribution in [2.24, 2.45) is 0 Å². The minimum atomic E-state index is -0.0657. The summed E-state index contributed by atoms with van der Waals surface area (Å²) in [5.74, 6) is 0. The number of aromatic nitrogens is 1. The Morgan fingerprint density at radius 1 is 1.62 bits per heavy atom. The van der Waals surface area contributed by atoms with Crippen molar-refractivity contribution >= 4 is 5.69 Å². The highest BCUT2D eigenvalue weighted by Gasteiger charge is 1.97. The number of allylic oxidation sites excluding steroid dienone is 1. The standard InChI is InChI=1S/C10H14N2O/c1-3-4-5-8-6-7-9(11-2)10(13)12-8/h3,6-7,11H,1,4-5H2,2H3,(H,12,13). The first-order valence-electron chi connectivity index (χ1n) is 4.28. The molecule has 0 bridgehead atoms. The van der Waals surface area contributed by atoms with Crippen LogP contribution in [0, 0.1) is 0 Å². The van der Waals surface area contributed by atoms with Crippen molar-refractivity contribution in [3.8, 4) is 0 Å². The molecule has 0 saturated heterocycles. The summed E-state index contributed by atoms with van der Waals surface area (Å²) < 4.78 is 0. The van der Waals surface area contributed by atoms with Crippen molar-refractivity contribution in [2.45, 2.75) is 12.8 Å². The maximum atomic E-state index is 11.3. The number of rotatable bonds is 4. The second-order valence-electron chi connectivity index (χ2n) is 2.80. The van der Waals surface area contributed by atoms with E-state index >= 15 is 0 Å². The first kappa shape index (κ1) is 9.58. The van der Waals surface area contributed by atoms with Crippen LogP contribution in [0.15, 0.2) is 29.6 Å². The van der Waals surface area contributed by atoms with Gasteiger partial charge < -0.3 is 10.3 Å². The first-order chi connectivity index (χ1) is 6.27. The molecule has 0 atom stereocenters. The second kappa shape index (κ2) is 4.50. The zero-order chi connectivity index (χ0) is 9.68. The average Bonchev–Trinajstić information content (AvgIpc) is 2.15. The van der Waals surface area contributed by atoms with Crippen molar-refractivity contribution in [3.05, 3.63) is 40.8 Å². The monoisotopic (exact) mass is 178 g/mol. The molecule has 3 nitrogen and oxygen atoms in total. The van der Waals surface area contributed by atoms with Gasteiger partial charge >= 0.3 is 0 Å². The fourth-order valence-electron chi connectivity index (χ4n) is 1.11. The maximum absolute atomic E-state index is 11.3. The lowest BCUT2D eigenvalue weighted by molar-refractivity contribution is 0.934. The van der Waals surface area contributed by atoms with Crippen molar-refractivity contribution in [3.63, 3.8) is 0 Å². The normalized spacial score (nSPS) is 9.62. The summed E-state index contributed by atoms with van der Waals surface area (Å²) >= 11 is 0. The Labute approximate surface area is 77.5 Å². The van der Waals surface area contributed by atoms with Gasteiger partial charge in [0.15, 0.2) is 0 Å². The van der Waals surface area contributed by atoms with E-state index in [1.807, 2.05) is 12.1 Å². The number of aromatic amines is 1. The zero-order valence-electron chi connectivity index (χ0n) is 7.76. The summed E-state index contributed by atoms with van der Waals surface area (Å²) in [5.41, 5.74) is 1.48. The molecule has 1 aromatic rings. The van der Waals surface area contributed by atoms with Crippen LogP contribution in [0.5, 0.6) is 0 Å². The van der Waals surface area contributed by atoms with Gasteiger partial charge in [-0.3, -0.25) is 4.79 Å². The Morgan fingerprint density at radius 2 is 2.38 bits per heavy atom. The number of pyridine rings is 1. The van der Waals surface area contributed by atoms with Crippen LogP contribution < -0.4 is 10.9 Å². The van der Waals surface area contributed by atoms with Crippen LogP contribution in [0.1, 0.15) is 12.1 Å². The van der Waals surface area contributed by atoms with Gasteiger partial charge in [0.1, 0.15) is 5.69 Å². The molecule has 2 N–H and O–H groups in total. The van der Waals surface area contributed by atoms with E-state index in [0.29, 0.717) is 5.69 Å². The van der Waals surface area contributed by atoms with Gasteiger partial charge in [0, 0.05) is 12.7 Å². The quantitative estimate of drug-likeness (QED) is 0.687. The van der Waals surface area contributed by atoms with Gasteiger partial charge in [0.05, 0.1) is 0 Å². The van der Waals surface area contributed by atoms with E-state index in [-0.39, 0.29) is 5.56 Å². The Hall–Kier alpha value is -1.51. The average molecular weight is 178 g/mol. The molecule has 0 aliphatic rings. The molecule has 0 saturated carbocycles. The largest absolute Gasteiger partial charge is 0.384 e. The van der Waals surface area contributed by atoms with E-state index in [0.717, 1.165) is 18.5 Å². The van der Waals surface area contributed by atoms with Crippen molar-refractivity contribution in [2.75, 3.05) is 12.4 Å². The van der Waals surface area contributed by atoms with Crippen LogP contribution in [0.3, 0.4) is 0 Å². The summed E-state index contributed by atoms with van der Waals surface area (Å²) in [5, 5.41) is 2.81. The van der Waals surface area contributed by atoms with Crippen LogP contribution in [-0.4, -0.2) is 12.0 Å². The van der Waals surface area contributed by atoms with Crippen LogP contribution in [0.2, 0.25) is 0 Å². The molecule has 0 amide bonds. The molecule has 70 valence electrons. The fourth-order valence-corrected chi connectivity index (χ4v) is 1.11. The summed E-state index contributed by atoms with van der Waals surface area (Å²) in [6, 6.07) is 3.70. The number of nitrogens with one attached hydrogen (secondary N) is 2. The summed E-state index contributed by atoms with van der Waals surface area (Å²) in [6.45, 7) is 3.63. The zero-order valence-corrected chi connectivity index (χ0v) is 7.76. The number of hydrogen-bond donors (Lipinski definition) is 2. The topological polar surface area (TPSA) is 44.9 Å². The number of aryl methyl sites for hydroxylation is 1. The van der Waals surface area contributed by atoms with E-state index < -0.39 is 0 Å². The van der Waals surface area contributed by atoms with Crippen LogP contribution in [-0.2, 0) is 6.42 Å². The molecule has 3 heteroatoms. The van der Waals surface area contributed by atoms with Gasteiger partial charge in [0.25, 0.3) is 5.56 Å². The minimum Gasteiger partial charge on any atom is -0.384 e. The SMILES string of the molecule is C=CCCc1ccc(NC)c(=O)[nH]1. The van der Waals surface area contributed by atoms with E-state index in [1.165, 1.54) is 0 Å². The maximum Gasteiger partial charge on any atom is 0.271 e. The van der Waals surface area contributed by atoms with Crippen LogP contribution in [0.25, 0.3) is 0 Å². The molecular formula is C10H14N2O. The van der Waals surface area contributed by atoms with Gasteiger partial charge in [-0.05, 0) is 25.0 Å². The highest BCUT2D eigenvalue weighted by Crippen LogP contribution is 2.01. The van der Waals surface area contributed by atoms with E-state index in [9.17, 15) is 4.79 Å². The fraction of sp³-hybridized carbons (Fsp3) is 0.300. The molecule has 1 heterocycles. The Kier molecular flexibility index (Phi) is 3.31. The highest BCUT2D eigenvalue weighted by atomic mass is 16.1. The summed E-state index contributed by atoms with van der Waals surface area (Å²) in [4.78, 5) is 14.1. The lowest BCUT2D eigenvalue weighted by Gasteiger charge is -2.01.